The van der Waals surface area contributed by atoms with E-state index in [9.17, 15) is 21.1 Å². The fourth-order valence-electron chi connectivity index (χ4n) is 0.154. The Bertz CT molecular complexity index is 219. The van der Waals surface area contributed by atoms with Gasteiger partial charge in [0.25, 0.3) is 0 Å². The van der Waals surface area contributed by atoms with Crippen molar-refractivity contribution in [3.05, 3.63) is 12.8 Å². The average Bonchev–Trinajstić information content (AvgIpc) is 1.61. The number of hydrogen-bond acceptors (Lipinski definition) is 3. The lowest BCUT2D eigenvalue weighted by molar-refractivity contribution is -0.131. The van der Waals surface area contributed by atoms with Gasteiger partial charge in [-0.05, 0) is 0 Å². The van der Waals surface area contributed by atoms with E-state index in [1.807, 2.05) is 0 Å². The molecule has 3 nitrogen and oxygen atoms in total. The second-order valence-electron chi connectivity index (χ2n) is 1.19. The molecule has 0 heterocycles. The molecule has 0 rings (SSSR count). The second kappa shape index (κ2) is 2.49. The standard InChI is InChI=1S/C3H3F3O3S/c1-2-9-3(4,5)10(6,7)8/h2H,1H2. The van der Waals surface area contributed by atoms with E-state index in [-0.39, 0.29) is 6.26 Å². The lowest BCUT2D eigenvalue weighted by Crippen LogP contribution is -2.26. The number of alkyl halides is 2. The van der Waals surface area contributed by atoms with Crippen molar-refractivity contribution in [1.29, 1.82) is 0 Å². The molecule has 0 spiro atoms. The Hall–Kier alpha value is -0.720. The van der Waals surface area contributed by atoms with Gasteiger partial charge in [0.2, 0.25) is 0 Å². The second-order valence-corrected chi connectivity index (χ2v) is 2.54. The minimum Gasteiger partial charge on any atom is -0.427 e. The Labute approximate surface area is 55.3 Å². The highest BCUT2D eigenvalue weighted by molar-refractivity contribution is 7.87. The fourth-order valence-corrected chi connectivity index (χ4v) is 0.337. The van der Waals surface area contributed by atoms with Crippen LogP contribution in [0.4, 0.5) is 12.7 Å². The largest absolute Gasteiger partial charge is 0.537 e. The molecule has 0 aliphatic carbocycles. The van der Waals surface area contributed by atoms with Gasteiger partial charge in [-0.1, -0.05) is 10.5 Å². The van der Waals surface area contributed by atoms with Gasteiger partial charge in [-0.2, -0.15) is 8.42 Å². The molecular formula is C3H3F3O3S. The Morgan fingerprint density at radius 2 is 1.90 bits per heavy atom. The van der Waals surface area contributed by atoms with Crippen molar-refractivity contribution < 1.29 is 25.8 Å². The molecule has 10 heavy (non-hydrogen) atoms. The smallest absolute Gasteiger partial charge is 0.427 e. The maximum Gasteiger partial charge on any atom is 0.537 e. The zero-order chi connectivity index (χ0) is 8.41. The summed E-state index contributed by atoms with van der Waals surface area (Å²) in [5.74, 6) is 0. The summed E-state index contributed by atoms with van der Waals surface area (Å²) in [6.45, 7) is 2.63. The van der Waals surface area contributed by atoms with Crippen LogP contribution in [0.2, 0.25) is 0 Å². The van der Waals surface area contributed by atoms with Crippen LogP contribution in [0.1, 0.15) is 0 Å². The summed E-state index contributed by atoms with van der Waals surface area (Å²) < 4.78 is 56.7. The summed E-state index contributed by atoms with van der Waals surface area (Å²) in [7, 11) is -5.99. The molecule has 0 saturated heterocycles. The number of halogens is 3. The molecule has 0 aromatic carbocycles. The number of rotatable bonds is 3. The predicted molar refractivity (Wildman–Crippen MR) is 26.3 cm³/mol. The molecule has 7 heteroatoms. The van der Waals surface area contributed by atoms with E-state index in [4.69, 9.17) is 0 Å². The van der Waals surface area contributed by atoms with E-state index in [1.54, 1.807) is 0 Å². The Balaban J connectivity index is 4.57. The van der Waals surface area contributed by atoms with Crippen molar-refractivity contribution in [2.24, 2.45) is 0 Å². The predicted octanol–water partition coefficient (Wildman–Crippen LogP) is 0.996. The zero-order valence-electron chi connectivity index (χ0n) is 4.55. The summed E-state index contributed by atoms with van der Waals surface area (Å²) in [6, 6.07) is 0. The van der Waals surface area contributed by atoms with Crippen LogP contribution in [0.5, 0.6) is 0 Å². The van der Waals surface area contributed by atoms with Crippen LogP contribution in [0.3, 0.4) is 0 Å². The molecular weight excluding hydrogens is 173 g/mol. The van der Waals surface area contributed by atoms with E-state index >= 15 is 0 Å². The highest BCUT2D eigenvalue weighted by atomic mass is 32.3. The maximum atomic E-state index is 11.7. The molecule has 0 saturated carbocycles. The lowest BCUT2D eigenvalue weighted by atomic mass is 11.1. The molecule has 0 aromatic heterocycles. The Morgan fingerprint density at radius 3 is 2.00 bits per heavy atom. The SMILES string of the molecule is C=COC(F)(F)S(=O)(=O)F. The normalized spacial score (nSPS) is 12.7. The third-order valence-corrected chi connectivity index (χ3v) is 1.17. The monoisotopic (exact) mass is 176 g/mol. The molecule has 0 aliphatic rings. The molecule has 0 unspecified atom stereocenters. The van der Waals surface area contributed by atoms with Crippen LogP contribution < -0.4 is 0 Å². The van der Waals surface area contributed by atoms with E-state index < -0.39 is 15.7 Å². The molecule has 0 fully saturated rings. The summed E-state index contributed by atoms with van der Waals surface area (Å²) >= 11 is 0. The first-order valence-electron chi connectivity index (χ1n) is 1.92. The van der Waals surface area contributed by atoms with Gasteiger partial charge in [-0.25, -0.2) is 0 Å². The molecule has 0 atom stereocenters. The molecule has 0 bridgehead atoms. The zero-order valence-corrected chi connectivity index (χ0v) is 5.37. The molecule has 0 amide bonds. The van der Waals surface area contributed by atoms with E-state index in [1.165, 1.54) is 0 Å². The minimum absolute atomic E-state index is 0.136. The van der Waals surface area contributed by atoms with E-state index in [0.717, 1.165) is 0 Å². The molecule has 0 aromatic rings. The van der Waals surface area contributed by atoms with Gasteiger partial charge in [0.05, 0.1) is 6.26 Å². The summed E-state index contributed by atoms with van der Waals surface area (Å²) in [5, 5.41) is 0. The van der Waals surface area contributed by atoms with Crippen molar-refractivity contribution >= 4 is 10.2 Å². The topological polar surface area (TPSA) is 43.4 Å². The Kier molecular flexibility index (Phi) is 2.31. The van der Waals surface area contributed by atoms with Crippen LogP contribution in [-0.2, 0) is 15.0 Å². The molecule has 0 aliphatic heterocycles. The minimum atomic E-state index is -5.99. The summed E-state index contributed by atoms with van der Waals surface area (Å²) in [4.78, 5) is 0. The molecule has 0 N–H and O–H groups in total. The Morgan fingerprint density at radius 1 is 1.50 bits per heavy atom. The van der Waals surface area contributed by atoms with Gasteiger partial charge >= 0.3 is 15.7 Å². The lowest BCUT2D eigenvalue weighted by Gasteiger charge is -2.07. The van der Waals surface area contributed by atoms with Crippen LogP contribution in [-0.4, -0.2) is 13.9 Å². The first kappa shape index (κ1) is 9.28. The van der Waals surface area contributed by atoms with Gasteiger partial charge in [-0.3, -0.25) is 0 Å². The van der Waals surface area contributed by atoms with Crippen LogP contribution >= 0.6 is 0 Å². The number of ether oxygens (including phenoxy) is 1. The fraction of sp³-hybridized carbons (Fsp3) is 0.333. The van der Waals surface area contributed by atoms with Gasteiger partial charge in [-0.15, -0.1) is 8.78 Å². The van der Waals surface area contributed by atoms with Gasteiger partial charge in [0.15, 0.2) is 0 Å². The van der Waals surface area contributed by atoms with E-state index in [0.29, 0.717) is 0 Å². The molecule has 0 radical (unpaired) electrons. The quantitative estimate of drug-likeness (QED) is 0.475. The van der Waals surface area contributed by atoms with Crippen LogP contribution in [0, 0.1) is 0 Å². The first-order chi connectivity index (χ1) is 4.31. The van der Waals surface area contributed by atoms with Gasteiger partial charge < -0.3 is 4.74 Å². The van der Waals surface area contributed by atoms with Crippen molar-refractivity contribution in [1.82, 2.24) is 0 Å². The van der Waals surface area contributed by atoms with Crippen LogP contribution in [0.25, 0.3) is 0 Å². The highest BCUT2D eigenvalue weighted by Gasteiger charge is 2.48. The van der Waals surface area contributed by atoms with Crippen LogP contribution in [0.15, 0.2) is 12.8 Å². The van der Waals surface area contributed by atoms with Gasteiger partial charge in [0.1, 0.15) is 0 Å². The average molecular weight is 176 g/mol. The number of hydrogen-bond donors (Lipinski definition) is 0. The first-order valence-corrected chi connectivity index (χ1v) is 3.30. The maximum absolute atomic E-state index is 11.7. The third kappa shape index (κ3) is 1.90. The van der Waals surface area contributed by atoms with Crippen molar-refractivity contribution in [2.75, 3.05) is 0 Å². The summed E-state index contributed by atoms with van der Waals surface area (Å²) in [5.41, 5.74) is -4.82. The van der Waals surface area contributed by atoms with E-state index in [2.05, 4.69) is 11.3 Å². The molecule has 60 valence electrons. The van der Waals surface area contributed by atoms with Crippen molar-refractivity contribution in [3.8, 4) is 0 Å². The summed E-state index contributed by atoms with van der Waals surface area (Å²) in [6.07, 6.45) is 0.136. The van der Waals surface area contributed by atoms with Crippen molar-refractivity contribution in [2.45, 2.75) is 5.44 Å². The highest BCUT2D eigenvalue weighted by Crippen LogP contribution is 2.24. The van der Waals surface area contributed by atoms with Crippen molar-refractivity contribution in [3.63, 3.8) is 0 Å². The third-order valence-electron chi connectivity index (χ3n) is 0.504. The van der Waals surface area contributed by atoms with Gasteiger partial charge in [0, 0.05) is 0 Å².